The number of benzene rings is 1. The van der Waals surface area contributed by atoms with Crippen molar-refractivity contribution in [3.8, 4) is 11.9 Å². The maximum Gasteiger partial charge on any atom is 0.325 e. The molecule has 4 rings (SSSR count). The van der Waals surface area contributed by atoms with Crippen LogP contribution in [0.1, 0.15) is 48.9 Å². The van der Waals surface area contributed by atoms with Crippen LogP contribution in [0.25, 0.3) is 0 Å². The number of amides is 2. The molecular weight excluding hydrogens is 480 g/mol. The second-order valence-electron chi connectivity index (χ2n) is 8.97. The van der Waals surface area contributed by atoms with Gasteiger partial charge in [-0.2, -0.15) is 9.97 Å². The number of rotatable bonds is 9. The number of nitrogens with zero attached hydrogens (tertiary/aromatic N) is 4. The third kappa shape index (κ3) is 6.21. The number of carbonyl (C=O) groups is 1. The standard InChI is InChI=1S/C25H32N6O4S/c1-15(2)9-10-19(32)16-7-5-6-8-17(16)26-23(33)30-25-27-18-11-12-31(14-20(18)36-25)21-13-22(34-3)29-24(28-21)35-4/h5-8,13,15,19,32H,9-12,14H2,1-4H3,(H2,26,27,30,33). The molecular formula is C25H32N6O4S. The Morgan fingerprint density at radius 1 is 1.14 bits per heavy atom. The van der Waals surface area contributed by atoms with E-state index in [9.17, 15) is 9.90 Å². The summed E-state index contributed by atoms with van der Waals surface area (Å²) in [7, 11) is 3.07. The van der Waals surface area contributed by atoms with Crippen molar-refractivity contribution >= 4 is 34.0 Å². The van der Waals surface area contributed by atoms with Gasteiger partial charge < -0.3 is 24.8 Å². The minimum Gasteiger partial charge on any atom is -0.481 e. The normalized spacial score (nSPS) is 13.8. The van der Waals surface area contributed by atoms with Crippen molar-refractivity contribution < 1.29 is 19.4 Å². The van der Waals surface area contributed by atoms with E-state index in [-0.39, 0.29) is 6.01 Å². The summed E-state index contributed by atoms with van der Waals surface area (Å²) in [6.45, 7) is 5.56. The zero-order valence-electron chi connectivity index (χ0n) is 20.9. The fourth-order valence-corrected chi connectivity index (χ4v) is 5.01. The highest BCUT2D eigenvalue weighted by Crippen LogP contribution is 2.32. The second-order valence-corrected chi connectivity index (χ2v) is 10.1. The lowest BCUT2D eigenvalue weighted by molar-refractivity contribution is 0.160. The average molecular weight is 513 g/mol. The predicted octanol–water partition coefficient (Wildman–Crippen LogP) is 4.63. The number of anilines is 3. The quantitative estimate of drug-likeness (QED) is 0.379. The number of aromatic nitrogens is 3. The first-order valence-corrected chi connectivity index (χ1v) is 12.7. The van der Waals surface area contributed by atoms with Crippen LogP contribution in [0.3, 0.4) is 0 Å². The van der Waals surface area contributed by atoms with Crippen LogP contribution in [0.15, 0.2) is 30.3 Å². The van der Waals surface area contributed by atoms with Gasteiger partial charge in [-0.1, -0.05) is 43.4 Å². The van der Waals surface area contributed by atoms with Crippen molar-refractivity contribution in [2.24, 2.45) is 5.92 Å². The van der Waals surface area contributed by atoms with E-state index >= 15 is 0 Å². The Hall–Kier alpha value is -3.44. The van der Waals surface area contributed by atoms with Crippen molar-refractivity contribution in [2.75, 3.05) is 36.3 Å². The van der Waals surface area contributed by atoms with Gasteiger partial charge in [0.25, 0.3) is 0 Å². The summed E-state index contributed by atoms with van der Waals surface area (Å²) in [5.74, 6) is 1.63. The second kappa shape index (κ2) is 11.5. The molecule has 0 radical (unpaired) electrons. The summed E-state index contributed by atoms with van der Waals surface area (Å²) in [5.41, 5.74) is 2.26. The van der Waals surface area contributed by atoms with Crippen LogP contribution < -0.4 is 25.0 Å². The van der Waals surface area contributed by atoms with Crippen molar-refractivity contribution in [1.29, 1.82) is 0 Å². The number of aliphatic hydroxyl groups excluding tert-OH is 1. The molecule has 10 nitrogen and oxygen atoms in total. The van der Waals surface area contributed by atoms with Gasteiger partial charge in [0.15, 0.2) is 5.13 Å². The highest BCUT2D eigenvalue weighted by molar-refractivity contribution is 7.15. The topological polar surface area (TPSA) is 122 Å². The molecule has 1 atom stereocenters. The first-order chi connectivity index (χ1) is 17.4. The van der Waals surface area contributed by atoms with Gasteiger partial charge in [-0.05, 0) is 24.8 Å². The lowest BCUT2D eigenvalue weighted by Gasteiger charge is -2.27. The molecule has 192 valence electrons. The van der Waals surface area contributed by atoms with E-state index in [4.69, 9.17) is 9.47 Å². The monoisotopic (exact) mass is 512 g/mol. The van der Waals surface area contributed by atoms with Gasteiger partial charge in [0, 0.05) is 35.2 Å². The summed E-state index contributed by atoms with van der Waals surface area (Å²) < 4.78 is 10.5. The third-order valence-corrected chi connectivity index (χ3v) is 6.92. The number of methoxy groups -OCH3 is 2. The number of nitrogens with one attached hydrogen (secondary N) is 2. The Bertz CT molecular complexity index is 1180. The SMILES string of the molecule is COc1cc(N2CCc3nc(NC(=O)Nc4ccccc4C(O)CCC(C)C)sc3C2)nc(OC)n1. The minimum absolute atomic E-state index is 0.244. The van der Waals surface area contributed by atoms with Crippen LogP contribution in [-0.4, -0.2) is 46.9 Å². The molecule has 0 saturated heterocycles. The number of fused-ring (bicyclic) bond motifs is 1. The fraction of sp³-hybridized carbons (Fsp3) is 0.440. The molecule has 3 heterocycles. The molecule has 2 aromatic heterocycles. The summed E-state index contributed by atoms with van der Waals surface area (Å²) in [6.07, 6.45) is 1.62. The molecule has 0 saturated carbocycles. The summed E-state index contributed by atoms with van der Waals surface area (Å²) in [5, 5.41) is 16.9. The third-order valence-electron chi connectivity index (χ3n) is 5.92. The fourth-order valence-electron chi connectivity index (χ4n) is 3.99. The molecule has 0 bridgehead atoms. The van der Waals surface area contributed by atoms with E-state index in [0.717, 1.165) is 17.0 Å². The Morgan fingerprint density at radius 3 is 2.69 bits per heavy atom. The summed E-state index contributed by atoms with van der Waals surface area (Å²) >= 11 is 1.43. The average Bonchev–Trinajstić information content (AvgIpc) is 3.28. The Kier molecular flexibility index (Phi) is 8.21. The van der Waals surface area contributed by atoms with Crippen LogP contribution >= 0.6 is 11.3 Å². The molecule has 1 aliphatic heterocycles. The Morgan fingerprint density at radius 2 is 1.94 bits per heavy atom. The molecule has 0 fully saturated rings. The maximum absolute atomic E-state index is 12.8. The van der Waals surface area contributed by atoms with E-state index in [2.05, 4.69) is 44.3 Å². The van der Waals surface area contributed by atoms with Crippen LogP contribution in [0.2, 0.25) is 0 Å². The first kappa shape index (κ1) is 25.6. The van der Waals surface area contributed by atoms with E-state index in [1.54, 1.807) is 19.2 Å². The van der Waals surface area contributed by atoms with Crippen molar-refractivity contribution in [3.05, 3.63) is 46.5 Å². The maximum atomic E-state index is 12.8. The molecule has 2 amide bonds. The largest absolute Gasteiger partial charge is 0.481 e. The van der Waals surface area contributed by atoms with Crippen LogP contribution in [-0.2, 0) is 13.0 Å². The van der Waals surface area contributed by atoms with Gasteiger partial charge >= 0.3 is 12.0 Å². The van der Waals surface area contributed by atoms with Crippen LogP contribution in [0.5, 0.6) is 11.9 Å². The van der Waals surface area contributed by atoms with E-state index in [1.807, 2.05) is 18.2 Å². The molecule has 3 N–H and O–H groups in total. The minimum atomic E-state index is -0.638. The number of carbonyl (C=O) groups excluding carboxylic acids is 1. The molecule has 3 aromatic rings. The van der Waals surface area contributed by atoms with Crippen LogP contribution in [0.4, 0.5) is 21.4 Å². The molecule has 0 spiro atoms. The van der Waals surface area contributed by atoms with Crippen molar-refractivity contribution in [1.82, 2.24) is 15.0 Å². The lowest BCUT2D eigenvalue weighted by Crippen LogP contribution is -2.30. The lowest BCUT2D eigenvalue weighted by atomic mass is 9.99. The van der Waals surface area contributed by atoms with Crippen LogP contribution in [0, 0.1) is 5.92 Å². The number of para-hydroxylation sites is 1. The molecule has 36 heavy (non-hydrogen) atoms. The number of hydrogen-bond acceptors (Lipinski definition) is 9. The van der Waals surface area contributed by atoms with Gasteiger partial charge in [0.1, 0.15) is 5.82 Å². The molecule has 11 heteroatoms. The number of thiazole rings is 1. The van der Waals surface area contributed by atoms with Gasteiger partial charge in [-0.25, -0.2) is 9.78 Å². The van der Waals surface area contributed by atoms with Crippen molar-refractivity contribution in [2.45, 2.75) is 45.8 Å². The van der Waals surface area contributed by atoms with E-state index in [1.165, 1.54) is 18.4 Å². The van der Waals surface area contributed by atoms with Crippen molar-refractivity contribution in [3.63, 3.8) is 0 Å². The zero-order chi connectivity index (χ0) is 25.7. The van der Waals surface area contributed by atoms with E-state index < -0.39 is 12.1 Å². The Balaban J connectivity index is 1.42. The summed E-state index contributed by atoms with van der Waals surface area (Å²) in [4.78, 5) is 29.1. The smallest absolute Gasteiger partial charge is 0.325 e. The molecule has 0 aliphatic carbocycles. The molecule has 1 unspecified atom stereocenters. The van der Waals surface area contributed by atoms with Gasteiger partial charge in [-0.15, -0.1) is 0 Å². The highest BCUT2D eigenvalue weighted by Gasteiger charge is 2.24. The van der Waals surface area contributed by atoms with Gasteiger partial charge in [0.05, 0.1) is 32.6 Å². The van der Waals surface area contributed by atoms with Gasteiger partial charge in [0.2, 0.25) is 5.88 Å². The number of hydrogen-bond donors (Lipinski definition) is 3. The highest BCUT2D eigenvalue weighted by atomic mass is 32.1. The Labute approximate surface area is 214 Å². The van der Waals surface area contributed by atoms with Gasteiger partial charge in [-0.3, -0.25) is 5.32 Å². The zero-order valence-corrected chi connectivity index (χ0v) is 21.8. The summed E-state index contributed by atoms with van der Waals surface area (Å²) in [6, 6.07) is 8.95. The number of ether oxygens (including phenoxy) is 2. The number of urea groups is 1. The van der Waals surface area contributed by atoms with E-state index in [0.29, 0.717) is 59.9 Å². The molecule has 1 aromatic carbocycles. The number of aliphatic hydroxyl groups is 1. The molecule has 1 aliphatic rings. The predicted molar refractivity (Wildman–Crippen MR) is 140 cm³/mol. The first-order valence-electron chi connectivity index (χ1n) is 11.9.